The van der Waals surface area contributed by atoms with Gasteiger partial charge in [-0.05, 0) is 18.3 Å². The second kappa shape index (κ2) is 9.62. The molecule has 0 aliphatic rings. The maximum Gasteiger partial charge on any atom is 0.273 e. The van der Waals surface area contributed by atoms with E-state index in [0.29, 0.717) is 24.0 Å². The molecule has 0 aliphatic heterocycles. The summed E-state index contributed by atoms with van der Waals surface area (Å²) in [6.45, 7) is 9.15. The minimum atomic E-state index is -0.264. The molecule has 0 radical (unpaired) electrons. The maximum absolute atomic E-state index is 12.1. The number of nitrogens with two attached hydrogens (primary N) is 1. The van der Waals surface area contributed by atoms with Gasteiger partial charge in [0.05, 0.1) is 6.04 Å². The highest BCUT2D eigenvalue weighted by Crippen LogP contribution is 2.21. The summed E-state index contributed by atoms with van der Waals surface area (Å²) in [4.78, 5) is 16.4. The molecule has 1 amide bonds. The number of oxazole rings is 1. The first-order valence-electron chi connectivity index (χ1n) is 8.52. The van der Waals surface area contributed by atoms with Gasteiger partial charge in [0, 0.05) is 6.54 Å². The normalized spacial score (nSPS) is 15.3. The van der Waals surface area contributed by atoms with Crippen molar-refractivity contribution in [2.24, 2.45) is 17.6 Å². The lowest BCUT2D eigenvalue weighted by molar-refractivity contribution is 0.0940. The van der Waals surface area contributed by atoms with Gasteiger partial charge in [-0.2, -0.15) is 0 Å². The van der Waals surface area contributed by atoms with E-state index in [1.165, 1.54) is 19.1 Å². The molecule has 5 nitrogen and oxygen atoms in total. The van der Waals surface area contributed by atoms with Crippen LogP contribution in [0.4, 0.5) is 0 Å². The molecule has 0 fully saturated rings. The molecule has 0 aromatic carbocycles. The molecule has 0 aliphatic carbocycles. The molecule has 126 valence electrons. The molecule has 22 heavy (non-hydrogen) atoms. The molecule has 3 atom stereocenters. The second-order valence-electron chi connectivity index (χ2n) is 6.11. The first kappa shape index (κ1) is 18.7. The summed E-state index contributed by atoms with van der Waals surface area (Å²) >= 11 is 0. The van der Waals surface area contributed by atoms with E-state index in [9.17, 15) is 4.79 Å². The van der Waals surface area contributed by atoms with Gasteiger partial charge in [0.2, 0.25) is 5.89 Å². The predicted octanol–water partition coefficient (Wildman–Crippen LogP) is 3.67. The van der Waals surface area contributed by atoms with Gasteiger partial charge in [0.15, 0.2) is 5.69 Å². The summed E-state index contributed by atoms with van der Waals surface area (Å²) in [5.74, 6) is 1.06. The van der Waals surface area contributed by atoms with Crippen molar-refractivity contribution >= 4 is 5.91 Å². The summed E-state index contributed by atoms with van der Waals surface area (Å²) in [5, 5.41) is 2.95. The highest BCUT2D eigenvalue weighted by Gasteiger charge is 2.21. The molecule has 1 aromatic heterocycles. The van der Waals surface area contributed by atoms with Crippen molar-refractivity contribution in [2.45, 2.75) is 65.8 Å². The van der Waals surface area contributed by atoms with Gasteiger partial charge in [0.25, 0.3) is 5.91 Å². The smallest absolute Gasteiger partial charge is 0.273 e. The Labute approximate surface area is 134 Å². The molecule has 0 spiro atoms. The quantitative estimate of drug-likeness (QED) is 0.691. The Bertz CT molecular complexity index is 445. The molecule has 3 unspecified atom stereocenters. The van der Waals surface area contributed by atoms with Gasteiger partial charge < -0.3 is 15.5 Å². The molecule has 5 heteroatoms. The number of nitrogens with one attached hydrogen (secondary N) is 1. The molecule has 0 saturated heterocycles. The van der Waals surface area contributed by atoms with Crippen LogP contribution in [0.5, 0.6) is 0 Å². The van der Waals surface area contributed by atoms with Gasteiger partial charge in [-0.1, -0.05) is 53.4 Å². The van der Waals surface area contributed by atoms with Crippen LogP contribution in [0.1, 0.15) is 82.2 Å². The number of hydrogen-bond donors (Lipinski definition) is 2. The van der Waals surface area contributed by atoms with Crippen LogP contribution < -0.4 is 11.1 Å². The van der Waals surface area contributed by atoms with Crippen LogP contribution in [0.15, 0.2) is 10.7 Å². The Morgan fingerprint density at radius 3 is 2.68 bits per heavy atom. The Morgan fingerprint density at radius 2 is 2.09 bits per heavy atom. The van der Waals surface area contributed by atoms with Crippen LogP contribution >= 0.6 is 0 Å². The van der Waals surface area contributed by atoms with Gasteiger partial charge in [-0.15, -0.1) is 0 Å². The average Bonchev–Trinajstić information content (AvgIpc) is 3.03. The van der Waals surface area contributed by atoms with Crippen molar-refractivity contribution in [3.05, 3.63) is 17.8 Å². The molecule has 0 bridgehead atoms. The second-order valence-corrected chi connectivity index (χ2v) is 6.11. The first-order valence-corrected chi connectivity index (χ1v) is 8.52. The minimum Gasteiger partial charge on any atom is -0.446 e. The van der Waals surface area contributed by atoms with Gasteiger partial charge >= 0.3 is 0 Å². The fourth-order valence-corrected chi connectivity index (χ4v) is 2.31. The summed E-state index contributed by atoms with van der Waals surface area (Å²) in [6.07, 6.45) is 6.96. The highest BCUT2D eigenvalue weighted by molar-refractivity contribution is 5.91. The van der Waals surface area contributed by atoms with E-state index >= 15 is 0 Å². The largest absolute Gasteiger partial charge is 0.446 e. The first-order chi connectivity index (χ1) is 10.5. The SMILES string of the molecule is CCCCC(CC)CNC(=O)c1coc(C(N)C(C)CC)n1. The fraction of sp³-hybridized carbons (Fsp3) is 0.765. The highest BCUT2D eigenvalue weighted by atomic mass is 16.3. The third-order valence-electron chi connectivity index (χ3n) is 4.39. The van der Waals surface area contributed by atoms with E-state index in [4.69, 9.17) is 10.2 Å². The predicted molar refractivity (Wildman–Crippen MR) is 88.5 cm³/mol. The van der Waals surface area contributed by atoms with E-state index in [1.54, 1.807) is 0 Å². The number of carbonyl (C=O) groups excluding carboxylic acids is 1. The van der Waals surface area contributed by atoms with E-state index in [2.05, 4.69) is 31.1 Å². The van der Waals surface area contributed by atoms with Gasteiger partial charge in [-0.25, -0.2) is 4.98 Å². The molecule has 1 rings (SSSR count). The molecular weight excluding hydrogens is 278 g/mol. The molecule has 1 aromatic rings. The van der Waals surface area contributed by atoms with Crippen LogP contribution in [0.3, 0.4) is 0 Å². The van der Waals surface area contributed by atoms with Crippen LogP contribution in [0.25, 0.3) is 0 Å². The third kappa shape index (κ3) is 5.44. The number of hydrogen-bond acceptors (Lipinski definition) is 4. The summed E-state index contributed by atoms with van der Waals surface area (Å²) in [5.41, 5.74) is 6.39. The number of unbranched alkanes of at least 4 members (excludes halogenated alkanes) is 1. The maximum atomic E-state index is 12.1. The third-order valence-corrected chi connectivity index (χ3v) is 4.39. The van der Waals surface area contributed by atoms with Crippen LogP contribution in [0.2, 0.25) is 0 Å². The molecule has 1 heterocycles. The van der Waals surface area contributed by atoms with Crippen molar-refractivity contribution in [2.75, 3.05) is 6.54 Å². The Hall–Kier alpha value is -1.36. The number of rotatable bonds is 10. The lowest BCUT2D eigenvalue weighted by Crippen LogP contribution is -2.29. The van der Waals surface area contributed by atoms with Crippen LogP contribution in [-0.4, -0.2) is 17.4 Å². The standard InChI is InChI=1S/C17H31N3O2/c1-5-8-9-13(7-3)10-19-16(21)14-11-22-17(20-14)15(18)12(4)6-2/h11-13,15H,5-10,18H2,1-4H3,(H,19,21). The van der Waals surface area contributed by atoms with Gasteiger partial charge in [-0.3, -0.25) is 4.79 Å². The van der Waals surface area contributed by atoms with Gasteiger partial charge in [0.1, 0.15) is 6.26 Å². The zero-order valence-corrected chi connectivity index (χ0v) is 14.4. The van der Waals surface area contributed by atoms with Crippen molar-refractivity contribution < 1.29 is 9.21 Å². The summed E-state index contributed by atoms with van der Waals surface area (Å²) in [7, 11) is 0. The average molecular weight is 309 g/mol. The van der Waals surface area contributed by atoms with Crippen LogP contribution in [0, 0.1) is 11.8 Å². The molecule has 0 saturated carbocycles. The number of amides is 1. The number of nitrogens with zero attached hydrogens (tertiary/aromatic N) is 1. The lowest BCUT2D eigenvalue weighted by Gasteiger charge is -2.15. The lowest BCUT2D eigenvalue weighted by atomic mass is 9.99. The summed E-state index contributed by atoms with van der Waals surface area (Å²) < 4.78 is 5.37. The van der Waals surface area contributed by atoms with Crippen molar-refractivity contribution in [3.63, 3.8) is 0 Å². The van der Waals surface area contributed by atoms with E-state index in [-0.39, 0.29) is 17.9 Å². The Balaban J connectivity index is 2.54. The topological polar surface area (TPSA) is 81.2 Å². The fourth-order valence-electron chi connectivity index (χ4n) is 2.31. The number of carbonyl (C=O) groups is 1. The zero-order chi connectivity index (χ0) is 16.5. The number of aromatic nitrogens is 1. The van der Waals surface area contributed by atoms with Crippen molar-refractivity contribution in [1.82, 2.24) is 10.3 Å². The monoisotopic (exact) mass is 309 g/mol. The van der Waals surface area contributed by atoms with E-state index in [0.717, 1.165) is 19.3 Å². The van der Waals surface area contributed by atoms with Crippen LogP contribution in [-0.2, 0) is 0 Å². The summed E-state index contributed by atoms with van der Waals surface area (Å²) in [6, 6.07) is -0.264. The Morgan fingerprint density at radius 1 is 1.36 bits per heavy atom. The van der Waals surface area contributed by atoms with Crippen molar-refractivity contribution in [3.8, 4) is 0 Å². The van der Waals surface area contributed by atoms with E-state index < -0.39 is 0 Å². The molecular formula is C17H31N3O2. The molecule has 3 N–H and O–H groups in total. The minimum absolute atomic E-state index is 0.179. The Kier molecular flexibility index (Phi) is 8.17. The van der Waals surface area contributed by atoms with Crippen molar-refractivity contribution in [1.29, 1.82) is 0 Å². The zero-order valence-electron chi connectivity index (χ0n) is 14.4. The van der Waals surface area contributed by atoms with E-state index in [1.807, 2.05) is 6.92 Å².